The topological polar surface area (TPSA) is 35.2 Å². The molecule has 0 saturated heterocycles. The first kappa shape index (κ1) is 9.68. The molecule has 0 amide bonds. The number of benzene rings is 1. The molecule has 2 N–H and O–H groups in total. The lowest BCUT2D eigenvalue weighted by molar-refractivity contribution is 0.421. The number of hydrogen-bond donors (Lipinski definition) is 1. The molecule has 74 valence electrons. The van der Waals surface area contributed by atoms with Gasteiger partial charge in [0.25, 0.3) is 0 Å². The summed E-state index contributed by atoms with van der Waals surface area (Å²) in [6.07, 6.45) is 2.06. The molecule has 0 atom stereocenters. The molecule has 2 nitrogen and oxygen atoms in total. The first-order chi connectivity index (χ1) is 6.76. The third-order valence-electron chi connectivity index (χ3n) is 2.07. The summed E-state index contributed by atoms with van der Waals surface area (Å²) in [4.78, 5) is 1.22. The second-order valence-corrected chi connectivity index (χ2v) is 4.63. The van der Waals surface area contributed by atoms with Crippen LogP contribution in [0, 0.1) is 0 Å². The van der Waals surface area contributed by atoms with Crippen LogP contribution in [-0.2, 0) is 0 Å². The molecule has 0 spiro atoms. The number of fused-ring (bicyclic) bond motifs is 1. The lowest BCUT2D eigenvalue weighted by Crippen LogP contribution is -1.86. The first-order valence-electron chi connectivity index (χ1n) is 4.15. The Kier molecular flexibility index (Phi) is 2.56. The SMILES string of the molecule is COc1csc2c(SC)cc(N)cc12. The number of thiophene rings is 1. The highest BCUT2D eigenvalue weighted by molar-refractivity contribution is 7.99. The van der Waals surface area contributed by atoms with Crippen LogP contribution in [0.25, 0.3) is 10.1 Å². The lowest BCUT2D eigenvalue weighted by atomic mass is 10.2. The van der Waals surface area contributed by atoms with E-state index in [2.05, 4.69) is 6.26 Å². The van der Waals surface area contributed by atoms with E-state index in [4.69, 9.17) is 10.5 Å². The fourth-order valence-corrected chi connectivity index (χ4v) is 3.27. The maximum absolute atomic E-state index is 5.82. The average Bonchev–Trinajstić information content (AvgIpc) is 2.59. The maximum atomic E-state index is 5.82. The van der Waals surface area contributed by atoms with Crippen LogP contribution in [0.4, 0.5) is 5.69 Å². The quantitative estimate of drug-likeness (QED) is 0.629. The number of anilines is 1. The molecule has 0 aliphatic heterocycles. The summed E-state index contributed by atoms with van der Waals surface area (Å²) in [5.41, 5.74) is 6.61. The molecule has 0 aliphatic carbocycles. The molecule has 14 heavy (non-hydrogen) atoms. The molecule has 0 fully saturated rings. The molecule has 1 aromatic heterocycles. The Morgan fingerprint density at radius 3 is 2.86 bits per heavy atom. The van der Waals surface area contributed by atoms with Crippen molar-refractivity contribution in [3.8, 4) is 5.75 Å². The van der Waals surface area contributed by atoms with Gasteiger partial charge in [-0.15, -0.1) is 23.1 Å². The lowest BCUT2D eigenvalue weighted by Gasteiger charge is -2.02. The normalized spacial score (nSPS) is 10.7. The average molecular weight is 225 g/mol. The number of rotatable bonds is 2. The van der Waals surface area contributed by atoms with Crippen molar-refractivity contribution in [2.75, 3.05) is 19.1 Å². The van der Waals surface area contributed by atoms with Crippen molar-refractivity contribution in [2.24, 2.45) is 0 Å². The summed E-state index contributed by atoms with van der Waals surface area (Å²) >= 11 is 3.41. The van der Waals surface area contributed by atoms with Crippen LogP contribution >= 0.6 is 23.1 Å². The van der Waals surface area contributed by atoms with Gasteiger partial charge in [0.2, 0.25) is 0 Å². The predicted molar refractivity (Wildman–Crippen MR) is 64.6 cm³/mol. The Bertz CT molecular complexity index is 464. The molecule has 0 unspecified atom stereocenters. The Labute approximate surface area is 91.1 Å². The highest BCUT2D eigenvalue weighted by atomic mass is 32.2. The Morgan fingerprint density at radius 2 is 2.21 bits per heavy atom. The van der Waals surface area contributed by atoms with Crippen LogP contribution in [0.5, 0.6) is 5.75 Å². The second-order valence-electron chi connectivity index (χ2n) is 2.90. The summed E-state index contributed by atoms with van der Waals surface area (Å²) in [6, 6.07) is 3.97. The van der Waals surface area contributed by atoms with E-state index in [-0.39, 0.29) is 0 Å². The highest BCUT2D eigenvalue weighted by Crippen LogP contribution is 2.39. The van der Waals surface area contributed by atoms with Gasteiger partial charge in [0.1, 0.15) is 5.75 Å². The van der Waals surface area contributed by atoms with Gasteiger partial charge in [0.05, 0.1) is 11.8 Å². The number of methoxy groups -OCH3 is 1. The third-order valence-corrected chi connectivity index (χ3v) is 3.96. The highest BCUT2D eigenvalue weighted by Gasteiger charge is 2.08. The van der Waals surface area contributed by atoms with Crippen LogP contribution in [0.2, 0.25) is 0 Å². The van der Waals surface area contributed by atoms with Gasteiger partial charge in [0, 0.05) is 21.3 Å². The summed E-state index contributed by atoms with van der Waals surface area (Å²) in [6.45, 7) is 0. The van der Waals surface area contributed by atoms with Crippen molar-refractivity contribution in [1.82, 2.24) is 0 Å². The first-order valence-corrected chi connectivity index (χ1v) is 6.25. The summed E-state index contributed by atoms with van der Waals surface area (Å²) in [5, 5.41) is 3.13. The van der Waals surface area contributed by atoms with E-state index in [9.17, 15) is 0 Å². The van der Waals surface area contributed by atoms with E-state index in [0.717, 1.165) is 16.8 Å². The minimum Gasteiger partial charge on any atom is -0.495 e. The monoisotopic (exact) mass is 225 g/mol. The predicted octanol–water partition coefficient (Wildman–Crippen LogP) is 3.21. The van der Waals surface area contributed by atoms with Gasteiger partial charge in [-0.05, 0) is 18.4 Å². The number of nitrogens with two attached hydrogens (primary N) is 1. The van der Waals surface area contributed by atoms with E-state index < -0.39 is 0 Å². The Hall–Kier alpha value is -0.870. The van der Waals surface area contributed by atoms with Crippen molar-refractivity contribution in [3.05, 3.63) is 17.5 Å². The van der Waals surface area contributed by atoms with Gasteiger partial charge < -0.3 is 10.5 Å². The Morgan fingerprint density at radius 1 is 1.43 bits per heavy atom. The molecule has 0 aliphatic rings. The Balaban J connectivity index is 2.76. The largest absolute Gasteiger partial charge is 0.495 e. The number of thioether (sulfide) groups is 1. The van der Waals surface area contributed by atoms with Crippen molar-refractivity contribution in [1.29, 1.82) is 0 Å². The van der Waals surface area contributed by atoms with Crippen LogP contribution in [0.1, 0.15) is 0 Å². The standard InChI is InChI=1S/C10H11NOS2/c1-12-8-5-14-10-7(8)3-6(11)4-9(10)13-2/h3-5H,11H2,1-2H3. The number of nitrogen functional groups attached to an aromatic ring is 1. The van der Waals surface area contributed by atoms with Gasteiger partial charge in [-0.25, -0.2) is 0 Å². The minimum atomic E-state index is 0.790. The van der Waals surface area contributed by atoms with E-state index in [1.165, 1.54) is 9.60 Å². The van der Waals surface area contributed by atoms with Gasteiger partial charge >= 0.3 is 0 Å². The van der Waals surface area contributed by atoms with Crippen molar-refractivity contribution < 1.29 is 4.74 Å². The van der Waals surface area contributed by atoms with Crippen molar-refractivity contribution in [3.63, 3.8) is 0 Å². The molecule has 0 radical (unpaired) electrons. The van der Waals surface area contributed by atoms with Crippen LogP contribution in [0.3, 0.4) is 0 Å². The summed E-state index contributed by atoms with van der Waals surface area (Å²) < 4.78 is 6.52. The molecular weight excluding hydrogens is 214 g/mol. The van der Waals surface area contributed by atoms with Crippen molar-refractivity contribution in [2.45, 2.75) is 4.90 Å². The number of ether oxygens (including phenoxy) is 1. The maximum Gasteiger partial charge on any atom is 0.137 e. The molecule has 2 aromatic rings. The zero-order chi connectivity index (χ0) is 10.1. The van der Waals surface area contributed by atoms with E-state index in [1.807, 2.05) is 17.5 Å². The van der Waals surface area contributed by atoms with Crippen LogP contribution < -0.4 is 10.5 Å². The van der Waals surface area contributed by atoms with Gasteiger partial charge in [-0.1, -0.05) is 0 Å². The van der Waals surface area contributed by atoms with Gasteiger partial charge in [-0.2, -0.15) is 0 Å². The van der Waals surface area contributed by atoms with E-state index in [1.54, 1.807) is 30.2 Å². The zero-order valence-electron chi connectivity index (χ0n) is 8.03. The molecule has 2 rings (SSSR count). The third kappa shape index (κ3) is 1.44. The molecule has 1 aromatic carbocycles. The molecular formula is C10H11NOS2. The minimum absolute atomic E-state index is 0.790. The molecule has 4 heteroatoms. The summed E-state index contributed by atoms with van der Waals surface area (Å²) in [5.74, 6) is 0.910. The molecule has 0 bridgehead atoms. The molecule has 0 saturated carbocycles. The van der Waals surface area contributed by atoms with Crippen LogP contribution in [0.15, 0.2) is 22.4 Å². The van der Waals surface area contributed by atoms with E-state index >= 15 is 0 Å². The smallest absolute Gasteiger partial charge is 0.137 e. The second kappa shape index (κ2) is 3.71. The summed E-state index contributed by atoms with van der Waals surface area (Å²) in [7, 11) is 1.68. The number of hydrogen-bond acceptors (Lipinski definition) is 4. The van der Waals surface area contributed by atoms with Crippen LogP contribution in [-0.4, -0.2) is 13.4 Å². The zero-order valence-corrected chi connectivity index (χ0v) is 9.67. The van der Waals surface area contributed by atoms with Crippen molar-refractivity contribution >= 4 is 38.9 Å². The molecule has 1 heterocycles. The van der Waals surface area contributed by atoms with Gasteiger partial charge in [0.15, 0.2) is 0 Å². The fourth-order valence-electron chi connectivity index (χ4n) is 1.41. The van der Waals surface area contributed by atoms with Gasteiger partial charge in [-0.3, -0.25) is 0 Å². The van der Waals surface area contributed by atoms with E-state index in [0.29, 0.717) is 0 Å². The fraction of sp³-hybridized carbons (Fsp3) is 0.200.